The maximum atomic E-state index is 12.2. The molecule has 2 aliphatic heterocycles. The summed E-state index contributed by atoms with van der Waals surface area (Å²) in [5.41, 5.74) is 8.93. The van der Waals surface area contributed by atoms with E-state index in [0.717, 1.165) is 49.1 Å². The first-order valence-corrected chi connectivity index (χ1v) is 15.4. The van der Waals surface area contributed by atoms with Crippen molar-refractivity contribution in [2.24, 2.45) is 5.73 Å². The summed E-state index contributed by atoms with van der Waals surface area (Å²) in [4.78, 5) is 21.7. The van der Waals surface area contributed by atoms with Gasteiger partial charge in [-0.3, -0.25) is 4.79 Å². The summed E-state index contributed by atoms with van der Waals surface area (Å²) < 4.78 is 5.27. The second-order valence-electron chi connectivity index (χ2n) is 11.8. The van der Waals surface area contributed by atoms with Gasteiger partial charge in [-0.2, -0.15) is 4.98 Å². The zero-order valence-electron chi connectivity index (χ0n) is 24.5. The van der Waals surface area contributed by atoms with E-state index < -0.39 is 5.91 Å². The molecule has 222 valence electrons. The van der Waals surface area contributed by atoms with Crippen LogP contribution in [-0.4, -0.2) is 71.4 Å². The fraction of sp³-hybridized carbons (Fsp3) is 0.500. The molecule has 10 nitrogen and oxygen atoms in total. The monoisotopic (exact) mass is 570 g/mol. The van der Waals surface area contributed by atoms with Crippen molar-refractivity contribution in [1.82, 2.24) is 20.1 Å². The van der Waals surface area contributed by atoms with Crippen LogP contribution >= 0.6 is 0 Å². The number of benzene rings is 2. The molecule has 10 heteroatoms. The zero-order valence-corrected chi connectivity index (χ0v) is 24.5. The lowest BCUT2D eigenvalue weighted by Crippen LogP contribution is -2.43. The number of anilines is 4. The summed E-state index contributed by atoms with van der Waals surface area (Å²) >= 11 is 0. The number of rotatable bonds is 9. The summed E-state index contributed by atoms with van der Waals surface area (Å²) in [6.45, 7) is 3.92. The Morgan fingerprint density at radius 1 is 0.881 bits per heavy atom. The van der Waals surface area contributed by atoms with E-state index in [1.54, 1.807) is 7.11 Å². The molecule has 0 bridgehead atoms. The van der Waals surface area contributed by atoms with Crippen LogP contribution in [0.5, 0.6) is 5.75 Å². The average Bonchev–Trinajstić information content (AvgIpc) is 3.57. The number of hydrogen-bond donors (Lipinski definition) is 3. The number of piperidine rings is 2. The first-order valence-electron chi connectivity index (χ1n) is 15.4. The smallest absolute Gasteiger partial charge is 0.273 e. The third-order valence-electron chi connectivity index (χ3n) is 9.09. The van der Waals surface area contributed by atoms with Gasteiger partial charge in [0.15, 0.2) is 11.5 Å². The molecule has 3 fully saturated rings. The van der Waals surface area contributed by atoms with Gasteiger partial charge >= 0.3 is 0 Å². The van der Waals surface area contributed by atoms with Crippen LogP contribution in [0.25, 0.3) is 0 Å². The molecule has 1 saturated carbocycles. The number of aromatic nitrogens is 3. The quantitative estimate of drug-likeness (QED) is 0.329. The number of likely N-dealkylation sites (tertiary alicyclic amines) is 1. The van der Waals surface area contributed by atoms with Crippen molar-refractivity contribution in [1.29, 1.82) is 0 Å². The molecule has 42 heavy (non-hydrogen) atoms. The molecule has 1 amide bonds. The number of primary amides is 1. The Morgan fingerprint density at radius 2 is 1.60 bits per heavy atom. The maximum Gasteiger partial charge on any atom is 0.273 e. The maximum absolute atomic E-state index is 12.2. The van der Waals surface area contributed by atoms with Crippen LogP contribution in [0.3, 0.4) is 0 Å². The molecule has 0 radical (unpaired) electrons. The van der Waals surface area contributed by atoms with Crippen molar-refractivity contribution in [2.75, 3.05) is 48.8 Å². The largest absolute Gasteiger partial charge is 0.497 e. The van der Waals surface area contributed by atoms with Crippen LogP contribution in [0, 0.1) is 0 Å². The summed E-state index contributed by atoms with van der Waals surface area (Å²) in [6.07, 6.45) is 9.95. The number of amides is 1. The molecule has 6 rings (SSSR count). The van der Waals surface area contributed by atoms with Crippen molar-refractivity contribution in [2.45, 2.75) is 69.4 Å². The lowest BCUT2D eigenvalue weighted by molar-refractivity contribution is 0.0995. The molecule has 3 aromatic rings. The molecule has 1 aliphatic carbocycles. The third kappa shape index (κ3) is 6.59. The number of nitrogens with zero attached hydrogens (tertiary/aromatic N) is 5. The van der Waals surface area contributed by atoms with E-state index in [1.807, 2.05) is 24.3 Å². The molecule has 3 heterocycles. The Balaban J connectivity index is 1.10. The molecule has 1 unspecified atom stereocenters. The Labute approximate surface area is 248 Å². The van der Waals surface area contributed by atoms with Gasteiger partial charge in [0.25, 0.3) is 5.91 Å². The number of nitrogens with one attached hydrogen (secondary N) is 2. The van der Waals surface area contributed by atoms with Crippen molar-refractivity contribution < 1.29 is 9.53 Å². The minimum Gasteiger partial charge on any atom is -0.497 e. The average molecular weight is 571 g/mol. The standard InChI is InChI=1S/C32H42N8O2/c1-42-28-14-12-24(13-15-28)34-26-5-4-18-40(21-26)32-36-31(29(30(33)41)37-38-32)35-25-10-8-22(9-11-25)23-16-19-39(20-17-23)27-6-2-3-7-27/h8-15,23,26-27,34H,2-7,16-21H2,1H3,(H2,33,41)(H,35,36,38). The number of nitrogens with two attached hydrogens (primary N) is 1. The highest BCUT2D eigenvalue weighted by atomic mass is 16.5. The van der Waals surface area contributed by atoms with Gasteiger partial charge in [-0.25, -0.2) is 0 Å². The highest BCUT2D eigenvalue weighted by Gasteiger charge is 2.28. The number of ether oxygens (including phenoxy) is 1. The Kier molecular flexibility index (Phi) is 8.69. The van der Waals surface area contributed by atoms with Gasteiger partial charge in [-0.15, -0.1) is 10.2 Å². The van der Waals surface area contributed by atoms with E-state index in [-0.39, 0.29) is 11.7 Å². The number of carbonyl (C=O) groups excluding carboxylic acids is 1. The molecular formula is C32H42N8O2. The first-order chi connectivity index (χ1) is 20.6. The normalized spacial score (nSPS) is 20.4. The van der Waals surface area contributed by atoms with Crippen molar-refractivity contribution >= 4 is 29.0 Å². The van der Waals surface area contributed by atoms with Crippen molar-refractivity contribution in [3.8, 4) is 5.75 Å². The lowest BCUT2D eigenvalue weighted by Gasteiger charge is -2.36. The van der Waals surface area contributed by atoms with E-state index >= 15 is 0 Å². The van der Waals surface area contributed by atoms with Crippen LogP contribution < -0.4 is 26.0 Å². The second kappa shape index (κ2) is 12.9. The van der Waals surface area contributed by atoms with Crippen molar-refractivity contribution in [3.63, 3.8) is 0 Å². The van der Waals surface area contributed by atoms with Crippen LogP contribution in [0.4, 0.5) is 23.1 Å². The summed E-state index contributed by atoms with van der Waals surface area (Å²) in [5, 5.41) is 15.3. The fourth-order valence-corrected chi connectivity index (χ4v) is 6.75. The summed E-state index contributed by atoms with van der Waals surface area (Å²) in [6, 6.07) is 17.5. The molecule has 3 aliphatic rings. The van der Waals surface area contributed by atoms with Gasteiger partial charge in [0.1, 0.15) is 5.75 Å². The van der Waals surface area contributed by atoms with Crippen LogP contribution in [0.1, 0.15) is 73.3 Å². The summed E-state index contributed by atoms with van der Waals surface area (Å²) in [5.74, 6) is 1.57. The summed E-state index contributed by atoms with van der Waals surface area (Å²) in [7, 11) is 1.66. The number of methoxy groups -OCH3 is 1. The molecule has 4 N–H and O–H groups in total. The van der Waals surface area contributed by atoms with Crippen LogP contribution in [0.2, 0.25) is 0 Å². The van der Waals surface area contributed by atoms with E-state index in [2.05, 4.69) is 54.9 Å². The van der Waals surface area contributed by atoms with Gasteiger partial charge in [0.05, 0.1) is 7.11 Å². The predicted molar refractivity (Wildman–Crippen MR) is 166 cm³/mol. The van der Waals surface area contributed by atoms with Gasteiger partial charge in [0.2, 0.25) is 5.95 Å². The molecule has 1 aromatic heterocycles. The molecular weight excluding hydrogens is 528 g/mol. The van der Waals surface area contributed by atoms with E-state index in [4.69, 9.17) is 15.5 Å². The van der Waals surface area contributed by atoms with E-state index in [1.165, 1.54) is 57.2 Å². The molecule has 2 aromatic carbocycles. The minimum absolute atomic E-state index is 0.0343. The molecule has 1 atom stereocenters. The molecule has 0 spiro atoms. The Hall–Kier alpha value is -3.92. The van der Waals surface area contributed by atoms with Gasteiger partial charge in [-0.05, 0) is 99.5 Å². The van der Waals surface area contributed by atoms with Gasteiger partial charge in [0, 0.05) is 36.5 Å². The zero-order chi connectivity index (χ0) is 28.9. The van der Waals surface area contributed by atoms with E-state index in [9.17, 15) is 4.79 Å². The third-order valence-corrected chi connectivity index (χ3v) is 9.09. The van der Waals surface area contributed by atoms with Gasteiger partial charge in [-0.1, -0.05) is 25.0 Å². The van der Waals surface area contributed by atoms with Crippen LogP contribution in [-0.2, 0) is 0 Å². The Bertz CT molecular complexity index is 1340. The fourth-order valence-electron chi connectivity index (χ4n) is 6.75. The highest BCUT2D eigenvalue weighted by Crippen LogP contribution is 2.33. The number of carbonyl (C=O) groups is 1. The molecule has 2 saturated heterocycles. The number of hydrogen-bond acceptors (Lipinski definition) is 9. The second-order valence-corrected chi connectivity index (χ2v) is 11.8. The Morgan fingerprint density at radius 3 is 2.29 bits per heavy atom. The van der Waals surface area contributed by atoms with Gasteiger partial charge < -0.3 is 30.9 Å². The van der Waals surface area contributed by atoms with Crippen LogP contribution in [0.15, 0.2) is 48.5 Å². The SMILES string of the molecule is COc1ccc(NC2CCCN(c3nnc(C(N)=O)c(Nc4ccc(C5CCN(C6CCCC6)CC5)cc4)n3)C2)cc1. The van der Waals surface area contributed by atoms with Crippen molar-refractivity contribution in [3.05, 3.63) is 59.8 Å². The predicted octanol–water partition coefficient (Wildman–Crippen LogP) is 4.93. The topological polar surface area (TPSA) is 122 Å². The lowest BCUT2D eigenvalue weighted by atomic mass is 9.88. The minimum atomic E-state index is -0.660. The van der Waals surface area contributed by atoms with E-state index in [0.29, 0.717) is 17.7 Å². The first kappa shape index (κ1) is 28.2. The highest BCUT2D eigenvalue weighted by molar-refractivity contribution is 5.96.